The molecule has 1 aromatic heterocycles. The van der Waals surface area contributed by atoms with E-state index in [-0.39, 0.29) is 30.4 Å². The Morgan fingerprint density at radius 2 is 1.92 bits per heavy atom. The highest BCUT2D eigenvalue weighted by molar-refractivity contribution is 5.85. The first-order valence-corrected chi connectivity index (χ1v) is 7.97. The van der Waals surface area contributed by atoms with Crippen LogP contribution in [0.1, 0.15) is 41.9 Å². The molecule has 1 aromatic carbocycles. The smallest absolute Gasteiger partial charge is 0.222 e. The van der Waals surface area contributed by atoms with Gasteiger partial charge in [-0.2, -0.15) is 5.10 Å². The molecule has 2 rings (SSSR count). The van der Waals surface area contributed by atoms with E-state index in [9.17, 15) is 4.79 Å². The summed E-state index contributed by atoms with van der Waals surface area (Å²) in [5.41, 5.74) is 10.4. The van der Waals surface area contributed by atoms with Gasteiger partial charge in [-0.1, -0.05) is 30.3 Å². The van der Waals surface area contributed by atoms with Crippen LogP contribution in [0.15, 0.2) is 30.3 Å². The van der Waals surface area contributed by atoms with Gasteiger partial charge in [-0.3, -0.25) is 9.48 Å². The minimum Gasteiger partial charge on any atom is -0.353 e. The van der Waals surface area contributed by atoms with E-state index in [0.717, 1.165) is 23.4 Å². The largest absolute Gasteiger partial charge is 0.353 e. The van der Waals surface area contributed by atoms with Crippen molar-refractivity contribution in [3.63, 3.8) is 0 Å². The molecule has 0 aliphatic heterocycles. The van der Waals surface area contributed by atoms with Crippen LogP contribution in [0.4, 0.5) is 0 Å². The Labute approximate surface area is 150 Å². The molecule has 3 N–H and O–H groups in total. The van der Waals surface area contributed by atoms with Crippen molar-refractivity contribution < 1.29 is 4.79 Å². The number of rotatable bonds is 6. The van der Waals surface area contributed by atoms with Crippen molar-refractivity contribution in [2.45, 2.75) is 45.7 Å². The maximum Gasteiger partial charge on any atom is 0.222 e. The van der Waals surface area contributed by atoms with Gasteiger partial charge >= 0.3 is 0 Å². The summed E-state index contributed by atoms with van der Waals surface area (Å²) >= 11 is 0. The Morgan fingerprint density at radius 3 is 2.46 bits per heavy atom. The SMILES string of the molecule is Cc1nn(C)c(C)c1CC(C)NC(=O)CC(N)c1ccccc1.Cl. The van der Waals surface area contributed by atoms with E-state index in [4.69, 9.17) is 5.73 Å². The number of halogens is 1. The third kappa shape index (κ3) is 5.08. The molecule has 0 bridgehead atoms. The second-order valence-corrected chi connectivity index (χ2v) is 6.17. The first-order valence-electron chi connectivity index (χ1n) is 7.97. The number of aromatic nitrogens is 2. The predicted octanol–water partition coefficient (Wildman–Crippen LogP) is 2.60. The summed E-state index contributed by atoms with van der Waals surface area (Å²) in [4.78, 5) is 12.2. The van der Waals surface area contributed by atoms with Gasteiger partial charge in [0.2, 0.25) is 5.91 Å². The molecule has 0 fully saturated rings. The van der Waals surface area contributed by atoms with Crippen LogP contribution in [0, 0.1) is 13.8 Å². The van der Waals surface area contributed by atoms with E-state index in [0.29, 0.717) is 6.42 Å². The van der Waals surface area contributed by atoms with Gasteiger partial charge in [-0.25, -0.2) is 0 Å². The molecule has 0 aliphatic carbocycles. The zero-order valence-electron chi connectivity index (χ0n) is 14.7. The van der Waals surface area contributed by atoms with E-state index >= 15 is 0 Å². The molecule has 0 saturated carbocycles. The van der Waals surface area contributed by atoms with Crippen LogP contribution in [0.25, 0.3) is 0 Å². The normalized spacial score (nSPS) is 13.0. The van der Waals surface area contributed by atoms with Crippen LogP contribution in [-0.2, 0) is 18.3 Å². The van der Waals surface area contributed by atoms with Crippen LogP contribution in [0.3, 0.4) is 0 Å². The van der Waals surface area contributed by atoms with Crippen LogP contribution >= 0.6 is 12.4 Å². The minimum atomic E-state index is -0.273. The van der Waals surface area contributed by atoms with Gasteiger partial charge in [-0.15, -0.1) is 12.4 Å². The summed E-state index contributed by atoms with van der Waals surface area (Å²) in [6.45, 7) is 6.06. The van der Waals surface area contributed by atoms with Crippen molar-refractivity contribution in [3.05, 3.63) is 52.8 Å². The fraction of sp³-hybridized carbons (Fsp3) is 0.444. The number of carbonyl (C=O) groups is 1. The highest BCUT2D eigenvalue weighted by Crippen LogP contribution is 2.15. The lowest BCUT2D eigenvalue weighted by Crippen LogP contribution is -2.36. The van der Waals surface area contributed by atoms with E-state index in [1.165, 1.54) is 5.56 Å². The highest BCUT2D eigenvalue weighted by Gasteiger charge is 2.16. The van der Waals surface area contributed by atoms with Gasteiger partial charge < -0.3 is 11.1 Å². The third-order valence-electron chi connectivity index (χ3n) is 4.21. The zero-order chi connectivity index (χ0) is 17.0. The first-order chi connectivity index (χ1) is 10.9. The fourth-order valence-electron chi connectivity index (χ4n) is 2.82. The number of nitrogens with zero attached hydrogens (tertiary/aromatic N) is 2. The second kappa shape index (κ2) is 8.85. The van der Waals surface area contributed by atoms with Crippen molar-refractivity contribution in [2.75, 3.05) is 0 Å². The Kier molecular flexibility index (Phi) is 7.45. The third-order valence-corrected chi connectivity index (χ3v) is 4.21. The summed E-state index contributed by atoms with van der Waals surface area (Å²) in [7, 11) is 1.94. The molecule has 0 saturated heterocycles. The zero-order valence-corrected chi connectivity index (χ0v) is 15.6. The maximum absolute atomic E-state index is 12.2. The number of hydrogen-bond donors (Lipinski definition) is 2. The number of nitrogens with one attached hydrogen (secondary N) is 1. The van der Waals surface area contributed by atoms with Crippen molar-refractivity contribution >= 4 is 18.3 Å². The second-order valence-electron chi connectivity index (χ2n) is 6.17. The number of hydrogen-bond acceptors (Lipinski definition) is 3. The molecule has 24 heavy (non-hydrogen) atoms. The monoisotopic (exact) mass is 350 g/mol. The van der Waals surface area contributed by atoms with Crippen molar-refractivity contribution in [1.82, 2.24) is 15.1 Å². The Morgan fingerprint density at radius 1 is 1.29 bits per heavy atom. The molecule has 1 amide bonds. The van der Waals surface area contributed by atoms with Gasteiger partial charge in [-0.05, 0) is 38.3 Å². The summed E-state index contributed by atoms with van der Waals surface area (Å²) in [5.74, 6) is -0.0203. The molecule has 0 aliphatic rings. The molecule has 1 heterocycles. The maximum atomic E-state index is 12.2. The molecule has 6 heteroatoms. The van der Waals surface area contributed by atoms with E-state index in [2.05, 4.69) is 17.3 Å². The lowest BCUT2D eigenvalue weighted by Gasteiger charge is -2.17. The molecular formula is C18H27ClN4O. The van der Waals surface area contributed by atoms with Gasteiger partial charge in [0.1, 0.15) is 0 Å². The molecule has 0 spiro atoms. The summed E-state index contributed by atoms with van der Waals surface area (Å²) in [5, 5.41) is 7.45. The van der Waals surface area contributed by atoms with Crippen molar-refractivity contribution in [2.24, 2.45) is 12.8 Å². The first kappa shape index (κ1) is 20.2. The van der Waals surface area contributed by atoms with Gasteiger partial charge in [0, 0.05) is 31.2 Å². The Bertz CT molecular complexity index is 669. The van der Waals surface area contributed by atoms with Crippen LogP contribution < -0.4 is 11.1 Å². The lowest BCUT2D eigenvalue weighted by molar-refractivity contribution is -0.122. The number of amides is 1. The fourth-order valence-corrected chi connectivity index (χ4v) is 2.82. The number of aryl methyl sites for hydroxylation is 2. The quantitative estimate of drug-likeness (QED) is 0.841. The van der Waals surface area contributed by atoms with Gasteiger partial charge in [0.15, 0.2) is 0 Å². The van der Waals surface area contributed by atoms with Crippen molar-refractivity contribution in [3.8, 4) is 0 Å². The highest BCUT2D eigenvalue weighted by atomic mass is 35.5. The average molecular weight is 351 g/mol. The molecule has 132 valence electrons. The molecule has 5 nitrogen and oxygen atoms in total. The molecule has 2 aromatic rings. The standard InChI is InChI=1S/C18H26N4O.ClH/c1-12(10-16-13(2)21-22(4)14(16)3)20-18(23)11-17(19)15-8-6-5-7-9-15;/h5-9,12,17H,10-11,19H2,1-4H3,(H,20,23);1H. The summed E-state index contributed by atoms with van der Waals surface area (Å²) in [6.07, 6.45) is 1.07. The van der Waals surface area contributed by atoms with E-state index in [1.54, 1.807) is 0 Å². The number of benzene rings is 1. The van der Waals surface area contributed by atoms with E-state index in [1.807, 2.05) is 55.9 Å². The summed E-state index contributed by atoms with van der Waals surface area (Å²) in [6, 6.07) is 9.48. The topological polar surface area (TPSA) is 72.9 Å². The Balaban J connectivity index is 0.00000288. The van der Waals surface area contributed by atoms with Crippen LogP contribution in [-0.4, -0.2) is 21.7 Å². The lowest BCUT2D eigenvalue weighted by atomic mass is 10.0. The van der Waals surface area contributed by atoms with E-state index < -0.39 is 0 Å². The van der Waals surface area contributed by atoms with Crippen LogP contribution in [0.5, 0.6) is 0 Å². The molecular weight excluding hydrogens is 324 g/mol. The molecule has 2 unspecified atom stereocenters. The average Bonchev–Trinajstić information content (AvgIpc) is 2.74. The number of nitrogens with two attached hydrogens (primary N) is 1. The molecule has 0 radical (unpaired) electrons. The van der Waals surface area contributed by atoms with Gasteiger partial charge in [0.05, 0.1) is 5.69 Å². The molecule has 2 atom stereocenters. The van der Waals surface area contributed by atoms with Crippen molar-refractivity contribution in [1.29, 1.82) is 0 Å². The van der Waals surface area contributed by atoms with Gasteiger partial charge in [0.25, 0.3) is 0 Å². The summed E-state index contributed by atoms with van der Waals surface area (Å²) < 4.78 is 1.88. The predicted molar refractivity (Wildman–Crippen MR) is 99.2 cm³/mol. The Hall–Kier alpha value is -1.85. The van der Waals surface area contributed by atoms with Crippen LogP contribution in [0.2, 0.25) is 0 Å². The number of carbonyl (C=O) groups excluding carboxylic acids is 1. The minimum absolute atomic E-state index is 0.